The number of nitrogens with one attached hydrogen (secondary N) is 2. The van der Waals surface area contributed by atoms with Crippen molar-refractivity contribution in [1.29, 1.82) is 0 Å². The van der Waals surface area contributed by atoms with E-state index in [1.807, 2.05) is 0 Å². The molecule has 0 radical (unpaired) electrons. The Morgan fingerprint density at radius 3 is 2.35 bits per heavy atom. The number of benzene rings is 1. The molecule has 1 aromatic rings. The van der Waals surface area contributed by atoms with Gasteiger partial charge in [-0.05, 0) is 32.3 Å². The van der Waals surface area contributed by atoms with E-state index in [0.717, 1.165) is 38.5 Å². The molecule has 0 aliphatic rings. The average molecular weight is 277 g/mol. The van der Waals surface area contributed by atoms with Gasteiger partial charge in [-0.2, -0.15) is 0 Å². The number of hydrogen-bond acceptors (Lipinski definition) is 2. The smallest absolute Gasteiger partial charge is 0.190 e. The quantitative estimate of drug-likeness (QED) is 0.455. The maximum absolute atomic E-state index is 5.02. The maximum Gasteiger partial charge on any atom is 0.190 e. The van der Waals surface area contributed by atoms with E-state index in [2.05, 4.69) is 47.7 Å². The molecule has 20 heavy (non-hydrogen) atoms. The number of hydrogen-bond donors (Lipinski definition) is 2. The highest BCUT2D eigenvalue weighted by atomic mass is 16.5. The van der Waals surface area contributed by atoms with Crippen LogP contribution in [0.2, 0.25) is 0 Å². The summed E-state index contributed by atoms with van der Waals surface area (Å²) in [6.45, 7) is 6.80. The van der Waals surface area contributed by atoms with Crippen molar-refractivity contribution in [2.45, 2.75) is 26.7 Å². The number of ether oxygens (including phenoxy) is 1. The van der Waals surface area contributed by atoms with Gasteiger partial charge in [-0.3, -0.25) is 4.99 Å². The highest BCUT2D eigenvalue weighted by Crippen LogP contribution is 2.08. The molecule has 0 amide bonds. The summed E-state index contributed by atoms with van der Waals surface area (Å²) in [5, 5.41) is 6.60. The molecule has 1 rings (SSSR count). The van der Waals surface area contributed by atoms with Crippen molar-refractivity contribution in [3.8, 4) is 0 Å². The summed E-state index contributed by atoms with van der Waals surface area (Å²) in [7, 11) is 3.51. The second-order valence-corrected chi connectivity index (χ2v) is 5.02. The summed E-state index contributed by atoms with van der Waals surface area (Å²) >= 11 is 0. The van der Waals surface area contributed by atoms with Crippen molar-refractivity contribution < 1.29 is 4.74 Å². The minimum Gasteiger partial charge on any atom is -0.385 e. The predicted octanol–water partition coefficient (Wildman–Crippen LogP) is 2.05. The third kappa shape index (κ3) is 6.57. The van der Waals surface area contributed by atoms with E-state index in [1.54, 1.807) is 14.2 Å². The lowest BCUT2D eigenvalue weighted by molar-refractivity contribution is 0.195. The van der Waals surface area contributed by atoms with Crippen LogP contribution in [0.4, 0.5) is 0 Å². The molecule has 0 aliphatic carbocycles. The van der Waals surface area contributed by atoms with E-state index in [-0.39, 0.29) is 0 Å². The predicted molar refractivity (Wildman–Crippen MR) is 85.5 cm³/mol. The van der Waals surface area contributed by atoms with Gasteiger partial charge >= 0.3 is 0 Å². The molecule has 112 valence electrons. The third-order valence-corrected chi connectivity index (χ3v) is 3.03. The molecule has 0 atom stereocenters. The lowest BCUT2D eigenvalue weighted by Crippen LogP contribution is -2.39. The fraction of sp³-hybridized carbons (Fsp3) is 0.562. The van der Waals surface area contributed by atoms with Crippen molar-refractivity contribution in [2.24, 2.45) is 4.99 Å². The van der Waals surface area contributed by atoms with Crippen LogP contribution in [-0.2, 0) is 11.2 Å². The van der Waals surface area contributed by atoms with Gasteiger partial charge < -0.3 is 15.4 Å². The number of aliphatic imine (C=N–C) groups is 1. The van der Waals surface area contributed by atoms with Crippen LogP contribution in [-0.4, -0.2) is 39.8 Å². The fourth-order valence-electron chi connectivity index (χ4n) is 2.18. The number of rotatable bonds is 7. The second kappa shape index (κ2) is 9.37. The van der Waals surface area contributed by atoms with Crippen LogP contribution in [0.1, 0.15) is 23.1 Å². The van der Waals surface area contributed by atoms with E-state index in [4.69, 9.17) is 4.74 Å². The minimum atomic E-state index is 0.770. The molecule has 0 aromatic heterocycles. The first-order valence-electron chi connectivity index (χ1n) is 7.16. The van der Waals surface area contributed by atoms with Crippen molar-refractivity contribution in [3.05, 3.63) is 34.9 Å². The summed E-state index contributed by atoms with van der Waals surface area (Å²) in [4.78, 5) is 4.21. The largest absolute Gasteiger partial charge is 0.385 e. The molecule has 0 fully saturated rings. The Hall–Kier alpha value is -1.55. The van der Waals surface area contributed by atoms with Crippen LogP contribution >= 0.6 is 0 Å². The van der Waals surface area contributed by atoms with E-state index >= 15 is 0 Å². The first kappa shape index (κ1) is 16.5. The first-order valence-corrected chi connectivity index (χ1v) is 7.16. The van der Waals surface area contributed by atoms with Crippen LogP contribution in [0.3, 0.4) is 0 Å². The van der Waals surface area contributed by atoms with Crippen LogP contribution in [0.15, 0.2) is 23.2 Å². The molecule has 1 aromatic carbocycles. The van der Waals surface area contributed by atoms with Gasteiger partial charge in [0.1, 0.15) is 0 Å². The van der Waals surface area contributed by atoms with Crippen LogP contribution in [0.25, 0.3) is 0 Å². The Balaban J connectivity index is 2.30. The third-order valence-electron chi connectivity index (χ3n) is 3.03. The molecule has 0 aliphatic heterocycles. The van der Waals surface area contributed by atoms with Gasteiger partial charge in [-0.25, -0.2) is 0 Å². The van der Waals surface area contributed by atoms with Crippen molar-refractivity contribution in [1.82, 2.24) is 10.6 Å². The standard InChI is InChI=1S/C16H27N3O/c1-13-10-14(2)12-15(11-13)6-8-19-16(17-3)18-7-5-9-20-4/h10-12H,5-9H2,1-4H3,(H2,17,18,19). The zero-order valence-electron chi connectivity index (χ0n) is 13.1. The molecule has 0 bridgehead atoms. The summed E-state index contributed by atoms with van der Waals surface area (Å²) in [6, 6.07) is 6.68. The maximum atomic E-state index is 5.02. The molecular weight excluding hydrogens is 250 g/mol. The summed E-state index contributed by atoms with van der Waals surface area (Å²) < 4.78 is 5.02. The topological polar surface area (TPSA) is 45.7 Å². The lowest BCUT2D eigenvalue weighted by atomic mass is 10.1. The molecule has 0 spiro atoms. The van der Waals surface area contributed by atoms with Crippen LogP contribution in [0, 0.1) is 13.8 Å². The van der Waals surface area contributed by atoms with Gasteiger partial charge in [0.15, 0.2) is 5.96 Å². The molecule has 0 unspecified atom stereocenters. The van der Waals surface area contributed by atoms with E-state index in [9.17, 15) is 0 Å². The zero-order valence-corrected chi connectivity index (χ0v) is 13.1. The molecule has 4 heteroatoms. The Morgan fingerprint density at radius 1 is 1.10 bits per heavy atom. The monoisotopic (exact) mass is 277 g/mol. The van der Waals surface area contributed by atoms with Gasteiger partial charge in [0.2, 0.25) is 0 Å². The molecular formula is C16H27N3O. The van der Waals surface area contributed by atoms with E-state index < -0.39 is 0 Å². The number of aryl methyl sites for hydroxylation is 2. The van der Waals surface area contributed by atoms with Gasteiger partial charge in [0.05, 0.1) is 0 Å². The Kier molecular flexibility index (Phi) is 7.73. The van der Waals surface area contributed by atoms with E-state index in [1.165, 1.54) is 16.7 Å². The average Bonchev–Trinajstić information content (AvgIpc) is 2.40. The van der Waals surface area contributed by atoms with Crippen molar-refractivity contribution in [2.75, 3.05) is 33.9 Å². The summed E-state index contributed by atoms with van der Waals surface area (Å²) in [5.74, 6) is 0.852. The van der Waals surface area contributed by atoms with Crippen molar-refractivity contribution in [3.63, 3.8) is 0 Å². The van der Waals surface area contributed by atoms with Crippen LogP contribution in [0.5, 0.6) is 0 Å². The Bertz CT molecular complexity index is 409. The van der Waals surface area contributed by atoms with Crippen molar-refractivity contribution >= 4 is 5.96 Å². The zero-order chi connectivity index (χ0) is 14.8. The summed E-state index contributed by atoms with van der Waals surface area (Å²) in [6.07, 6.45) is 1.98. The summed E-state index contributed by atoms with van der Waals surface area (Å²) in [5.41, 5.74) is 4.01. The van der Waals surface area contributed by atoms with E-state index in [0.29, 0.717) is 0 Å². The minimum absolute atomic E-state index is 0.770. The second-order valence-electron chi connectivity index (χ2n) is 5.02. The number of methoxy groups -OCH3 is 1. The molecule has 0 saturated heterocycles. The Morgan fingerprint density at radius 2 is 1.75 bits per heavy atom. The highest BCUT2D eigenvalue weighted by molar-refractivity contribution is 5.79. The molecule has 0 saturated carbocycles. The van der Waals surface area contributed by atoms with Gasteiger partial charge in [-0.1, -0.05) is 29.3 Å². The molecule has 4 nitrogen and oxygen atoms in total. The molecule has 2 N–H and O–H groups in total. The number of guanidine groups is 1. The van der Waals surface area contributed by atoms with Gasteiger partial charge in [0.25, 0.3) is 0 Å². The lowest BCUT2D eigenvalue weighted by Gasteiger charge is -2.12. The number of nitrogens with zero attached hydrogens (tertiary/aromatic N) is 1. The molecule has 0 heterocycles. The van der Waals surface area contributed by atoms with Gasteiger partial charge in [-0.15, -0.1) is 0 Å². The fourth-order valence-corrected chi connectivity index (χ4v) is 2.18. The first-order chi connectivity index (χ1) is 9.65. The SMILES string of the molecule is CN=C(NCCCOC)NCCc1cc(C)cc(C)c1. The normalized spacial score (nSPS) is 11.5. The van der Waals surface area contributed by atoms with Crippen LogP contribution < -0.4 is 10.6 Å². The van der Waals surface area contributed by atoms with Gasteiger partial charge in [0, 0.05) is 33.9 Å². The highest BCUT2D eigenvalue weighted by Gasteiger charge is 1.99. The Labute approximate surface area is 122 Å².